The Balaban J connectivity index is 1.71. The van der Waals surface area contributed by atoms with Crippen molar-refractivity contribution in [3.63, 3.8) is 0 Å². The van der Waals surface area contributed by atoms with E-state index in [0.717, 1.165) is 24.4 Å². The third-order valence-electron chi connectivity index (χ3n) is 4.56. The van der Waals surface area contributed by atoms with Crippen molar-refractivity contribution in [2.75, 3.05) is 6.54 Å². The van der Waals surface area contributed by atoms with Crippen molar-refractivity contribution in [3.8, 4) is 0 Å². The Morgan fingerprint density at radius 1 is 1.05 bits per heavy atom. The highest BCUT2D eigenvalue weighted by Gasteiger charge is 2.23. The van der Waals surface area contributed by atoms with Crippen LogP contribution in [0, 0.1) is 11.8 Å². The lowest BCUT2D eigenvalue weighted by Gasteiger charge is -2.32. The Morgan fingerprint density at radius 2 is 1.68 bits per heavy atom. The molecule has 3 unspecified atom stereocenters. The van der Waals surface area contributed by atoms with E-state index in [9.17, 15) is 0 Å². The highest BCUT2D eigenvalue weighted by atomic mass is 14.9. The van der Waals surface area contributed by atoms with E-state index in [2.05, 4.69) is 56.4 Å². The third-order valence-corrected chi connectivity index (χ3v) is 4.56. The Hall–Kier alpha value is -0.820. The maximum atomic E-state index is 3.78. The molecule has 106 valence electrons. The molecule has 1 aliphatic carbocycles. The van der Waals surface area contributed by atoms with Gasteiger partial charge >= 0.3 is 0 Å². The summed E-state index contributed by atoms with van der Waals surface area (Å²) < 4.78 is 0. The van der Waals surface area contributed by atoms with Gasteiger partial charge in [0.15, 0.2) is 0 Å². The highest BCUT2D eigenvalue weighted by molar-refractivity contribution is 5.18. The van der Waals surface area contributed by atoms with Gasteiger partial charge in [-0.3, -0.25) is 0 Å². The van der Waals surface area contributed by atoms with E-state index in [1.807, 2.05) is 0 Å². The molecule has 0 saturated heterocycles. The summed E-state index contributed by atoms with van der Waals surface area (Å²) in [5.74, 6) is 2.45. The molecule has 0 amide bonds. The molecule has 0 heterocycles. The summed E-state index contributed by atoms with van der Waals surface area (Å²) >= 11 is 0. The van der Waals surface area contributed by atoms with Crippen molar-refractivity contribution >= 4 is 0 Å². The maximum Gasteiger partial charge on any atom is 0.00721 e. The van der Waals surface area contributed by atoms with Gasteiger partial charge in [0.25, 0.3) is 0 Å². The highest BCUT2D eigenvalue weighted by Crippen LogP contribution is 2.28. The quantitative estimate of drug-likeness (QED) is 0.815. The van der Waals surface area contributed by atoms with Gasteiger partial charge in [0, 0.05) is 6.04 Å². The lowest BCUT2D eigenvalue weighted by atomic mass is 9.80. The Bertz CT molecular complexity index is 349. The minimum atomic E-state index is 0.659. The molecule has 1 saturated carbocycles. The molecule has 0 aliphatic heterocycles. The molecule has 1 heteroatoms. The van der Waals surface area contributed by atoms with Gasteiger partial charge in [-0.1, -0.05) is 51.1 Å². The minimum absolute atomic E-state index is 0.659. The van der Waals surface area contributed by atoms with Crippen LogP contribution in [-0.4, -0.2) is 12.6 Å². The SMILES string of the molecule is CC1CC(C)CC(NCCC(C)c2ccccc2)C1. The summed E-state index contributed by atoms with van der Waals surface area (Å²) in [6.45, 7) is 8.29. The van der Waals surface area contributed by atoms with Crippen molar-refractivity contribution in [2.24, 2.45) is 11.8 Å². The molecule has 2 rings (SSSR count). The average Bonchev–Trinajstić information content (AvgIpc) is 2.38. The van der Waals surface area contributed by atoms with Crippen molar-refractivity contribution in [2.45, 2.75) is 58.4 Å². The summed E-state index contributed by atoms with van der Waals surface area (Å²) in [6.07, 6.45) is 5.38. The topological polar surface area (TPSA) is 12.0 Å². The second kappa shape index (κ2) is 7.09. The molecule has 1 aromatic carbocycles. The lowest BCUT2D eigenvalue weighted by Crippen LogP contribution is -2.37. The van der Waals surface area contributed by atoms with Gasteiger partial charge in [0.2, 0.25) is 0 Å². The normalized spacial score (nSPS) is 29.1. The van der Waals surface area contributed by atoms with Gasteiger partial charge in [-0.05, 0) is 55.5 Å². The van der Waals surface area contributed by atoms with Gasteiger partial charge in [0.05, 0.1) is 0 Å². The standard InChI is InChI=1S/C18H29N/c1-14-11-15(2)13-18(12-14)19-10-9-16(3)17-7-5-4-6-8-17/h4-8,14-16,18-19H,9-13H2,1-3H3. The van der Waals surface area contributed by atoms with Crippen LogP contribution in [0.15, 0.2) is 30.3 Å². The molecule has 0 aromatic heterocycles. The predicted molar refractivity (Wildman–Crippen MR) is 83.4 cm³/mol. The summed E-state index contributed by atoms with van der Waals surface area (Å²) in [5, 5.41) is 3.78. The minimum Gasteiger partial charge on any atom is -0.314 e. The number of rotatable bonds is 5. The summed E-state index contributed by atoms with van der Waals surface area (Å²) in [6, 6.07) is 11.6. The van der Waals surface area contributed by atoms with Gasteiger partial charge in [-0.25, -0.2) is 0 Å². The molecule has 1 aromatic rings. The van der Waals surface area contributed by atoms with Crippen molar-refractivity contribution in [3.05, 3.63) is 35.9 Å². The van der Waals surface area contributed by atoms with Crippen LogP contribution < -0.4 is 5.32 Å². The van der Waals surface area contributed by atoms with E-state index in [-0.39, 0.29) is 0 Å². The fraction of sp³-hybridized carbons (Fsp3) is 0.667. The molecule has 3 atom stereocenters. The zero-order chi connectivity index (χ0) is 13.7. The molecule has 1 aliphatic rings. The van der Waals surface area contributed by atoms with Crippen LogP contribution in [0.25, 0.3) is 0 Å². The van der Waals surface area contributed by atoms with Gasteiger partial charge in [-0.15, -0.1) is 0 Å². The predicted octanol–water partition coefficient (Wildman–Crippen LogP) is 4.59. The molecular weight excluding hydrogens is 230 g/mol. The van der Waals surface area contributed by atoms with Gasteiger partial charge in [-0.2, -0.15) is 0 Å². The van der Waals surface area contributed by atoms with E-state index in [4.69, 9.17) is 0 Å². The monoisotopic (exact) mass is 259 g/mol. The first-order valence-corrected chi connectivity index (χ1v) is 7.93. The summed E-state index contributed by atoms with van der Waals surface area (Å²) in [7, 11) is 0. The summed E-state index contributed by atoms with van der Waals surface area (Å²) in [4.78, 5) is 0. The second-order valence-electron chi connectivity index (χ2n) is 6.67. The molecule has 1 fully saturated rings. The number of hydrogen-bond donors (Lipinski definition) is 1. The third kappa shape index (κ3) is 4.65. The Morgan fingerprint density at radius 3 is 2.32 bits per heavy atom. The van der Waals surface area contributed by atoms with Crippen LogP contribution in [0.5, 0.6) is 0 Å². The van der Waals surface area contributed by atoms with Crippen LogP contribution in [0.2, 0.25) is 0 Å². The van der Waals surface area contributed by atoms with E-state index in [0.29, 0.717) is 5.92 Å². The molecule has 1 nitrogen and oxygen atoms in total. The van der Waals surface area contributed by atoms with E-state index in [1.165, 1.54) is 31.2 Å². The molecule has 19 heavy (non-hydrogen) atoms. The van der Waals surface area contributed by atoms with Crippen molar-refractivity contribution in [1.29, 1.82) is 0 Å². The molecule has 0 spiro atoms. The largest absolute Gasteiger partial charge is 0.314 e. The van der Waals surface area contributed by atoms with Gasteiger partial charge in [0.1, 0.15) is 0 Å². The van der Waals surface area contributed by atoms with Crippen LogP contribution in [0.4, 0.5) is 0 Å². The zero-order valence-electron chi connectivity index (χ0n) is 12.7. The molecule has 0 radical (unpaired) electrons. The summed E-state index contributed by atoms with van der Waals surface area (Å²) in [5.41, 5.74) is 1.47. The zero-order valence-corrected chi connectivity index (χ0v) is 12.7. The fourth-order valence-corrected chi connectivity index (χ4v) is 3.57. The first kappa shape index (κ1) is 14.6. The van der Waals surface area contributed by atoms with Crippen LogP contribution >= 0.6 is 0 Å². The van der Waals surface area contributed by atoms with Gasteiger partial charge < -0.3 is 5.32 Å². The first-order valence-electron chi connectivity index (χ1n) is 7.93. The number of hydrogen-bond acceptors (Lipinski definition) is 1. The van der Waals surface area contributed by atoms with Crippen LogP contribution in [0.1, 0.15) is 57.9 Å². The van der Waals surface area contributed by atoms with E-state index in [1.54, 1.807) is 0 Å². The molecular formula is C18H29N. The van der Waals surface area contributed by atoms with Crippen molar-refractivity contribution < 1.29 is 0 Å². The smallest absolute Gasteiger partial charge is 0.00721 e. The fourth-order valence-electron chi connectivity index (χ4n) is 3.57. The van der Waals surface area contributed by atoms with Crippen LogP contribution in [0.3, 0.4) is 0 Å². The Labute approximate surface area is 118 Å². The number of nitrogens with one attached hydrogen (secondary N) is 1. The molecule has 0 bridgehead atoms. The second-order valence-corrected chi connectivity index (χ2v) is 6.67. The lowest BCUT2D eigenvalue weighted by molar-refractivity contribution is 0.238. The van der Waals surface area contributed by atoms with E-state index >= 15 is 0 Å². The Kier molecular flexibility index (Phi) is 5.45. The van der Waals surface area contributed by atoms with E-state index < -0.39 is 0 Å². The van der Waals surface area contributed by atoms with Crippen LogP contribution in [-0.2, 0) is 0 Å². The van der Waals surface area contributed by atoms with Crippen molar-refractivity contribution in [1.82, 2.24) is 5.32 Å². The number of benzene rings is 1. The molecule has 1 N–H and O–H groups in total. The maximum absolute atomic E-state index is 3.78. The average molecular weight is 259 g/mol. The first-order chi connectivity index (χ1) is 9.15.